The first kappa shape index (κ1) is 21.2. The van der Waals surface area contributed by atoms with E-state index in [9.17, 15) is 19.2 Å². The van der Waals surface area contributed by atoms with Gasteiger partial charge in [0.05, 0.1) is 5.25 Å². The van der Waals surface area contributed by atoms with Gasteiger partial charge in [-0.25, -0.2) is 0 Å². The Labute approximate surface area is 150 Å². The average Bonchev–Trinajstić information content (AvgIpc) is 2.48. The second-order valence-electron chi connectivity index (χ2n) is 5.46. The van der Waals surface area contributed by atoms with Crippen LogP contribution in [0.2, 0.25) is 0 Å². The van der Waals surface area contributed by atoms with Crippen molar-refractivity contribution >= 4 is 35.6 Å². The number of ether oxygens (including phenoxy) is 4. The molecule has 1 N–H and O–H groups in total. The lowest BCUT2D eigenvalue weighted by Gasteiger charge is -2.44. The maximum Gasteiger partial charge on any atom is 0.303 e. The van der Waals surface area contributed by atoms with E-state index in [1.165, 1.54) is 46.6 Å². The summed E-state index contributed by atoms with van der Waals surface area (Å²) < 4.78 is 21.0. The van der Waals surface area contributed by atoms with Gasteiger partial charge in [-0.3, -0.25) is 19.2 Å². The van der Waals surface area contributed by atoms with Gasteiger partial charge >= 0.3 is 17.9 Å². The summed E-state index contributed by atoms with van der Waals surface area (Å²) in [5, 5.41) is 2.13. The number of thioether (sulfide) groups is 1. The number of amides is 1. The molecule has 1 fully saturated rings. The van der Waals surface area contributed by atoms with E-state index in [0.29, 0.717) is 0 Å². The van der Waals surface area contributed by atoms with Gasteiger partial charge in [-0.15, -0.1) is 11.8 Å². The second kappa shape index (κ2) is 9.62. The van der Waals surface area contributed by atoms with E-state index < -0.39 is 46.8 Å². The molecule has 1 aliphatic heterocycles. The first-order valence-corrected chi connectivity index (χ1v) is 8.53. The highest BCUT2D eigenvalue weighted by Crippen LogP contribution is 2.36. The molecule has 1 saturated heterocycles. The van der Waals surface area contributed by atoms with Gasteiger partial charge in [0.2, 0.25) is 5.91 Å². The van der Waals surface area contributed by atoms with Crippen LogP contribution >= 0.6 is 11.8 Å². The molecule has 0 aromatic heterocycles. The Balaban J connectivity index is 3.18. The molecule has 1 rings (SSSR count). The summed E-state index contributed by atoms with van der Waals surface area (Å²) in [5.74, 6) is -2.05. The van der Waals surface area contributed by atoms with Crippen molar-refractivity contribution in [2.45, 2.75) is 56.6 Å². The van der Waals surface area contributed by atoms with Crippen molar-refractivity contribution in [3.63, 3.8) is 0 Å². The van der Waals surface area contributed by atoms with Crippen LogP contribution in [0.15, 0.2) is 0 Å². The van der Waals surface area contributed by atoms with Crippen LogP contribution in [0.5, 0.6) is 0 Å². The fourth-order valence-electron chi connectivity index (χ4n) is 2.49. The van der Waals surface area contributed by atoms with Crippen molar-refractivity contribution in [2.75, 3.05) is 13.7 Å². The van der Waals surface area contributed by atoms with Gasteiger partial charge in [0.15, 0.2) is 12.2 Å². The molecule has 10 heteroatoms. The number of methoxy groups -OCH3 is 1. The first-order valence-electron chi connectivity index (χ1n) is 7.58. The SMILES string of the molecule is CO[C@@H]1SC(COC(C)=O)[C@@H](OC(C)=O)C(OC(C)=O)[C@@H]1NC(C)=O. The summed E-state index contributed by atoms with van der Waals surface area (Å²) in [6.07, 6.45) is -1.91. The van der Waals surface area contributed by atoms with Gasteiger partial charge in [0.1, 0.15) is 18.1 Å². The molecule has 0 aromatic carbocycles. The minimum absolute atomic E-state index is 0.0671. The lowest BCUT2D eigenvalue weighted by Crippen LogP contribution is -2.63. The van der Waals surface area contributed by atoms with Gasteiger partial charge in [-0.1, -0.05) is 0 Å². The monoisotopic (exact) mass is 377 g/mol. The summed E-state index contributed by atoms with van der Waals surface area (Å²) >= 11 is 1.22. The predicted molar refractivity (Wildman–Crippen MR) is 87.5 cm³/mol. The predicted octanol–water partition coefficient (Wildman–Crippen LogP) is 0.00550. The molecule has 2 unspecified atom stereocenters. The van der Waals surface area contributed by atoms with Crippen molar-refractivity contribution in [1.29, 1.82) is 0 Å². The van der Waals surface area contributed by atoms with Crippen LogP contribution in [0.3, 0.4) is 0 Å². The van der Waals surface area contributed by atoms with Gasteiger partial charge in [-0.05, 0) is 0 Å². The zero-order valence-corrected chi connectivity index (χ0v) is 15.6. The summed E-state index contributed by atoms with van der Waals surface area (Å²) in [5.41, 5.74) is -0.597. The molecule has 25 heavy (non-hydrogen) atoms. The van der Waals surface area contributed by atoms with E-state index in [0.717, 1.165) is 0 Å². The first-order chi connectivity index (χ1) is 11.6. The molecular formula is C15H23NO8S. The summed E-state index contributed by atoms with van der Waals surface area (Å²) in [7, 11) is 1.44. The van der Waals surface area contributed by atoms with Crippen molar-refractivity contribution < 1.29 is 38.1 Å². The van der Waals surface area contributed by atoms with Crippen LogP contribution in [-0.2, 0) is 38.1 Å². The molecular weight excluding hydrogens is 354 g/mol. The highest BCUT2D eigenvalue weighted by atomic mass is 32.2. The van der Waals surface area contributed by atoms with Crippen LogP contribution in [0.4, 0.5) is 0 Å². The third kappa shape index (κ3) is 6.54. The molecule has 0 radical (unpaired) electrons. The number of carbonyl (C=O) groups excluding carboxylic acids is 4. The zero-order chi connectivity index (χ0) is 19.1. The smallest absolute Gasteiger partial charge is 0.303 e. The molecule has 0 aromatic rings. The standard InChI is InChI=1S/C15H23NO8S/c1-7(17)16-12-14(24-10(4)20)13(23-9(3)19)11(6-22-8(2)18)25-15(12)21-5/h11-15H,6H2,1-5H3,(H,16,17)/t11?,12-,13+,14?,15+/m0/s1. The topological polar surface area (TPSA) is 117 Å². The van der Waals surface area contributed by atoms with Crippen LogP contribution < -0.4 is 5.32 Å². The maximum absolute atomic E-state index is 11.5. The third-order valence-electron chi connectivity index (χ3n) is 3.30. The van der Waals surface area contributed by atoms with Gasteiger partial charge in [0, 0.05) is 34.8 Å². The van der Waals surface area contributed by atoms with Gasteiger partial charge < -0.3 is 24.3 Å². The third-order valence-corrected chi connectivity index (χ3v) is 4.81. The molecule has 9 nitrogen and oxygen atoms in total. The molecule has 0 bridgehead atoms. The molecule has 1 aliphatic rings. The minimum atomic E-state index is -0.989. The van der Waals surface area contributed by atoms with Crippen LogP contribution in [-0.4, -0.2) is 66.5 Å². The Bertz CT molecular complexity index is 526. The van der Waals surface area contributed by atoms with Crippen LogP contribution in [0.1, 0.15) is 27.7 Å². The fourth-order valence-corrected chi connectivity index (χ4v) is 3.85. The number of hydrogen-bond donors (Lipinski definition) is 1. The number of carbonyl (C=O) groups is 4. The molecule has 0 aliphatic carbocycles. The van der Waals surface area contributed by atoms with E-state index >= 15 is 0 Å². The van der Waals surface area contributed by atoms with Gasteiger partial charge in [0.25, 0.3) is 0 Å². The van der Waals surface area contributed by atoms with Crippen molar-refractivity contribution in [2.24, 2.45) is 0 Å². The van der Waals surface area contributed by atoms with E-state index in [1.807, 2.05) is 0 Å². The fraction of sp³-hybridized carbons (Fsp3) is 0.733. The number of esters is 3. The molecule has 0 spiro atoms. The lowest BCUT2D eigenvalue weighted by molar-refractivity contribution is -0.173. The summed E-state index contributed by atoms with van der Waals surface area (Å²) in [6.45, 7) is 4.93. The van der Waals surface area contributed by atoms with Gasteiger partial charge in [-0.2, -0.15) is 0 Å². The Hall–Kier alpha value is -1.81. The Morgan fingerprint density at radius 3 is 1.92 bits per heavy atom. The summed E-state index contributed by atoms with van der Waals surface area (Å²) in [4.78, 5) is 45.7. The van der Waals surface area contributed by atoms with E-state index in [-0.39, 0.29) is 12.5 Å². The van der Waals surface area contributed by atoms with Crippen molar-refractivity contribution in [1.82, 2.24) is 5.32 Å². The molecule has 5 atom stereocenters. The Morgan fingerprint density at radius 1 is 0.920 bits per heavy atom. The minimum Gasteiger partial charge on any atom is -0.465 e. The van der Waals surface area contributed by atoms with Crippen molar-refractivity contribution in [3.8, 4) is 0 Å². The normalized spacial score (nSPS) is 28.6. The van der Waals surface area contributed by atoms with Crippen LogP contribution in [0.25, 0.3) is 0 Å². The lowest BCUT2D eigenvalue weighted by atomic mass is 10.0. The zero-order valence-electron chi connectivity index (χ0n) is 14.8. The molecule has 142 valence electrons. The Kier molecular flexibility index (Phi) is 8.17. The van der Waals surface area contributed by atoms with E-state index in [4.69, 9.17) is 18.9 Å². The average molecular weight is 377 g/mol. The number of hydrogen-bond acceptors (Lipinski definition) is 9. The van der Waals surface area contributed by atoms with Crippen LogP contribution in [0, 0.1) is 0 Å². The largest absolute Gasteiger partial charge is 0.465 e. The number of nitrogens with one attached hydrogen (secondary N) is 1. The van der Waals surface area contributed by atoms with E-state index in [1.54, 1.807) is 0 Å². The summed E-state index contributed by atoms with van der Waals surface area (Å²) in [6, 6.07) is -0.741. The molecule has 0 saturated carbocycles. The second-order valence-corrected chi connectivity index (χ2v) is 6.80. The quantitative estimate of drug-likeness (QED) is 0.504. The molecule has 1 heterocycles. The number of rotatable bonds is 6. The highest BCUT2D eigenvalue weighted by molar-refractivity contribution is 8.00. The van der Waals surface area contributed by atoms with E-state index in [2.05, 4.69) is 5.32 Å². The Morgan fingerprint density at radius 2 is 1.48 bits per heavy atom. The maximum atomic E-state index is 11.5. The highest BCUT2D eigenvalue weighted by Gasteiger charge is 2.50. The van der Waals surface area contributed by atoms with Crippen molar-refractivity contribution in [3.05, 3.63) is 0 Å². The molecule has 1 amide bonds.